The molecule has 86 valence electrons. The first-order valence-corrected chi connectivity index (χ1v) is 5.95. The van der Waals surface area contributed by atoms with Gasteiger partial charge in [0.2, 0.25) is 0 Å². The van der Waals surface area contributed by atoms with E-state index < -0.39 is 0 Å². The van der Waals surface area contributed by atoms with Crippen molar-refractivity contribution < 1.29 is 4.42 Å². The Morgan fingerprint density at radius 2 is 2.38 bits per heavy atom. The first-order valence-electron chi connectivity index (χ1n) is 5.16. The number of rotatable bonds is 3. The molecule has 0 fully saturated rings. The van der Waals surface area contributed by atoms with E-state index in [1.54, 1.807) is 12.5 Å². The van der Waals surface area contributed by atoms with Gasteiger partial charge in [-0.1, -0.05) is 0 Å². The Bertz CT molecular complexity index is 489. The summed E-state index contributed by atoms with van der Waals surface area (Å²) in [5.41, 5.74) is 8.20. The molecule has 0 aliphatic rings. The van der Waals surface area contributed by atoms with E-state index in [9.17, 15) is 0 Å². The van der Waals surface area contributed by atoms with Crippen LogP contribution in [0.1, 0.15) is 30.0 Å². The molecule has 2 rings (SSSR count). The summed E-state index contributed by atoms with van der Waals surface area (Å²) in [7, 11) is 0. The van der Waals surface area contributed by atoms with Gasteiger partial charge < -0.3 is 10.2 Å². The molecule has 0 aliphatic heterocycles. The highest BCUT2D eigenvalue weighted by molar-refractivity contribution is 9.10. The van der Waals surface area contributed by atoms with E-state index >= 15 is 0 Å². The Kier molecular flexibility index (Phi) is 3.16. The van der Waals surface area contributed by atoms with Crippen molar-refractivity contribution in [2.45, 2.75) is 26.4 Å². The number of hydrogen-bond acceptors (Lipinski definition) is 3. The molecule has 1 atom stereocenters. The number of aryl methyl sites for hydroxylation is 2. The molecule has 2 N–H and O–H groups in total. The zero-order valence-electron chi connectivity index (χ0n) is 9.27. The van der Waals surface area contributed by atoms with Crippen LogP contribution in [-0.4, -0.2) is 9.78 Å². The van der Waals surface area contributed by atoms with Crippen LogP contribution in [0, 0.1) is 6.92 Å². The summed E-state index contributed by atoms with van der Waals surface area (Å²) in [6.45, 7) is 4.80. The van der Waals surface area contributed by atoms with Gasteiger partial charge in [0.1, 0.15) is 11.8 Å². The Labute approximate surface area is 103 Å². The number of nitrogens with zero attached hydrogens (tertiary/aromatic N) is 2. The van der Waals surface area contributed by atoms with Crippen molar-refractivity contribution in [2.75, 3.05) is 0 Å². The standard InChI is InChI=1S/C11H14BrN3O/c1-3-15-10(8(12)6-14-15)9(13)11-7(2)4-5-16-11/h4-6,9H,3,13H2,1-2H3. The van der Waals surface area contributed by atoms with E-state index in [0.717, 1.165) is 28.0 Å². The summed E-state index contributed by atoms with van der Waals surface area (Å²) >= 11 is 3.46. The molecule has 0 radical (unpaired) electrons. The van der Waals surface area contributed by atoms with Crippen LogP contribution in [0.15, 0.2) is 27.4 Å². The number of hydrogen-bond donors (Lipinski definition) is 1. The zero-order valence-corrected chi connectivity index (χ0v) is 10.9. The van der Waals surface area contributed by atoms with Crippen molar-refractivity contribution in [1.29, 1.82) is 0 Å². The maximum absolute atomic E-state index is 6.20. The van der Waals surface area contributed by atoms with Crippen LogP contribution in [0.2, 0.25) is 0 Å². The second-order valence-corrected chi connectivity index (χ2v) is 4.49. The molecular formula is C11H14BrN3O. The molecule has 0 saturated heterocycles. The Balaban J connectivity index is 2.44. The van der Waals surface area contributed by atoms with E-state index in [2.05, 4.69) is 21.0 Å². The van der Waals surface area contributed by atoms with Gasteiger partial charge in [-0.15, -0.1) is 0 Å². The third-order valence-electron chi connectivity index (χ3n) is 2.61. The van der Waals surface area contributed by atoms with Gasteiger partial charge in [0.25, 0.3) is 0 Å². The Hall–Kier alpha value is -1.07. The number of halogens is 1. The second-order valence-electron chi connectivity index (χ2n) is 3.64. The van der Waals surface area contributed by atoms with Crippen LogP contribution in [0.3, 0.4) is 0 Å². The highest BCUT2D eigenvalue weighted by atomic mass is 79.9. The smallest absolute Gasteiger partial charge is 0.129 e. The zero-order chi connectivity index (χ0) is 11.7. The lowest BCUT2D eigenvalue weighted by Gasteiger charge is -2.12. The average Bonchev–Trinajstić information content (AvgIpc) is 2.83. The van der Waals surface area contributed by atoms with Crippen LogP contribution in [0.4, 0.5) is 0 Å². The number of nitrogens with two attached hydrogens (primary N) is 1. The molecule has 5 heteroatoms. The van der Waals surface area contributed by atoms with Crippen molar-refractivity contribution in [2.24, 2.45) is 5.73 Å². The molecule has 2 aromatic heterocycles. The third kappa shape index (κ3) is 1.81. The van der Waals surface area contributed by atoms with E-state index in [-0.39, 0.29) is 6.04 Å². The van der Waals surface area contributed by atoms with Gasteiger partial charge in [0, 0.05) is 6.54 Å². The molecular weight excluding hydrogens is 270 g/mol. The first kappa shape index (κ1) is 11.4. The third-order valence-corrected chi connectivity index (χ3v) is 3.22. The maximum Gasteiger partial charge on any atom is 0.129 e. The quantitative estimate of drug-likeness (QED) is 0.942. The van der Waals surface area contributed by atoms with Gasteiger partial charge in [-0.25, -0.2) is 0 Å². The molecule has 0 spiro atoms. The summed E-state index contributed by atoms with van der Waals surface area (Å²) in [6.07, 6.45) is 3.42. The summed E-state index contributed by atoms with van der Waals surface area (Å²) in [4.78, 5) is 0. The second kappa shape index (κ2) is 4.43. The lowest BCUT2D eigenvalue weighted by Crippen LogP contribution is -2.17. The van der Waals surface area contributed by atoms with Gasteiger partial charge in [-0.3, -0.25) is 4.68 Å². The molecule has 0 saturated carbocycles. The fourth-order valence-electron chi connectivity index (χ4n) is 1.76. The van der Waals surface area contributed by atoms with E-state index in [4.69, 9.17) is 10.2 Å². The largest absolute Gasteiger partial charge is 0.467 e. The SMILES string of the molecule is CCn1ncc(Br)c1C(N)c1occc1C. The molecule has 2 heterocycles. The van der Waals surface area contributed by atoms with Gasteiger partial charge in [-0.2, -0.15) is 5.10 Å². The molecule has 16 heavy (non-hydrogen) atoms. The summed E-state index contributed by atoms with van der Waals surface area (Å²) in [5, 5.41) is 4.24. The van der Waals surface area contributed by atoms with Crippen molar-refractivity contribution >= 4 is 15.9 Å². The van der Waals surface area contributed by atoms with E-state index in [1.807, 2.05) is 24.6 Å². The van der Waals surface area contributed by atoms with Gasteiger partial charge in [0.05, 0.1) is 22.6 Å². The molecule has 4 nitrogen and oxygen atoms in total. The minimum atomic E-state index is -0.285. The van der Waals surface area contributed by atoms with Crippen molar-refractivity contribution in [3.63, 3.8) is 0 Å². The van der Waals surface area contributed by atoms with Gasteiger partial charge in [0.15, 0.2) is 0 Å². The van der Waals surface area contributed by atoms with Crippen molar-refractivity contribution in [3.05, 3.63) is 40.0 Å². The maximum atomic E-state index is 6.20. The van der Waals surface area contributed by atoms with Crippen LogP contribution >= 0.6 is 15.9 Å². The average molecular weight is 284 g/mol. The highest BCUT2D eigenvalue weighted by Gasteiger charge is 2.21. The van der Waals surface area contributed by atoms with Gasteiger partial charge in [-0.05, 0) is 41.4 Å². The summed E-state index contributed by atoms with van der Waals surface area (Å²) < 4.78 is 8.20. The lowest BCUT2D eigenvalue weighted by molar-refractivity contribution is 0.469. The van der Waals surface area contributed by atoms with Crippen LogP contribution in [-0.2, 0) is 6.54 Å². The monoisotopic (exact) mass is 283 g/mol. The predicted octanol–water partition coefficient (Wildman–Crippen LogP) is 2.62. The Morgan fingerprint density at radius 3 is 2.94 bits per heavy atom. The molecule has 2 aromatic rings. The first-order chi connectivity index (χ1) is 7.65. The topological polar surface area (TPSA) is 57.0 Å². The molecule has 1 unspecified atom stereocenters. The van der Waals surface area contributed by atoms with Crippen molar-refractivity contribution in [3.8, 4) is 0 Å². The molecule has 0 amide bonds. The normalized spacial score (nSPS) is 13.0. The van der Waals surface area contributed by atoms with Crippen LogP contribution < -0.4 is 5.73 Å². The minimum Gasteiger partial charge on any atom is -0.467 e. The number of aromatic nitrogens is 2. The lowest BCUT2D eigenvalue weighted by atomic mass is 10.1. The van der Waals surface area contributed by atoms with E-state index in [1.165, 1.54) is 0 Å². The van der Waals surface area contributed by atoms with Crippen molar-refractivity contribution in [1.82, 2.24) is 9.78 Å². The molecule has 0 aliphatic carbocycles. The van der Waals surface area contributed by atoms with Gasteiger partial charge >= 0.3 is 0 Å². The Morgan fingerprint density at radius 1 is 1.62 bits per heavy atom. The highest BCUT2D eigenvalue weighted by Crippen LogP contribution is 2.28. The summed E-state index contributed by atoms with van der Waals surface area (Å²) in [6, 6.07) is 1.63. The summed E-state index contributed by atoms with van der Waals surface area (Å²) in [5.74, 6) is 0.788. The molecule has 0 aromatic carbocycles. The minimum absolute atomic E-state index is 0.285. The van der Waals surface area contributed by atoms with E-state index in [0.29, 0.717) is 0 Å². The van der Waals surface area contributed by atoms with Crippen LogP contribution in [0.25, 0.3) is 0 Å². The number of furan rings is 1. The fourth-order valence-corrected chi connectivity index (χ4v) is 2.30. The predicted molar refractivity (Wildman–Crippen MR) is 65.1 cm³/mol. The fraction of sp³-hybridized carbons (Fsp3) is 0.364. The van der Waals surface area contributed by atoms with Crippen LogP contribution in [0.5, 0.6) is 0 Å². The molecule has 0 bridgehead atoms.